The molecule has 0 aromatic heterocycles. The minimum atomic E-state index is -0.168. The van der Waals surface area contributed by atoms with Gasteiger partial charge >= 0.3 is 0 Å². The number of ketones is 2. The first-order valence-electron chi connectivity index (χ1n) is 7.29. The molecule has 0 unspecified atom stereocenters. The van der Waals surface area contributed by atoms with Gasteiger partial charge in [0, 0.05) is 29.9 Å². The van der Waals surface area contributed by atoms with E-state index in [0.717, 1.165) is 5.69 Å². The maximum Gasteiger partial charge on any atom is 0.210 e. The number of para-hydroxylation sites is 1. The van der Waals surface area contributed by atoms with Crippen LogP contribution in [-0.4, -0.2) is 24.7 Å². The van der Waals surface area contributed by atoms with Crippen LogP contribution in [0.3, 0.4) is 0 Å². The number of nitrogens with one attached hydrogen (secondary N) is 2. The fourth-order valence-electron chi connectivity index (χ4n) is 2.45. The van der Waals surface area contributed by atoms with Crippen molar-refractivity contribution in [2.75, 3.05) is 18.4 Å². The van der Waals surface area contributed by atoms with Crippen molar-refractivity contribution in [2.45, 2.75) is 0 Å². The van der Waals surface area contributed by atoms with Gasteiger partial charge in [-0.25, -0.2) is 0 Å². The van der Waals surface area contributed by atoms with E-state index in [9.17, 15) is 9.59 Å². The number of rotatable bonds is 5. The molecular formula is C18H15BrN2O2. The van der Waals surface area contributed by atoms with Gasteiger partial charge in [-0.3, -0.25) is 9.59 Å². The Balaban J connectivity index is 1.67. The molecule has 2 aromatic rings. The van der Waals surface area contributed by atoms with Gasteiger partial charge in [0.2, 0.25) is 11.6 Å². The molecule has 1 aliphatic carbocycles. The van der Waals surface area contributed by atoms with Crippen molar-refractivity contribution in [3.05, 3.63) is 75.9 Å². The highest BCUT2D eigenvalue weighted by Gasteiger charge is 2.30. The van der Waals surface area contributed by atoms with Crippen LogP contribution in [0.1, 0.15) is 20.7 Å². The van der Waals surface area contributed by atoms with Crippen LogP contribution in [-0.2, 0) is 0 Å². The minimum Gasteiger partial charge on any atom is -0.383 e. The maximum absolute atomic E-state index is 12.5. The molecule has 23 heavy (non-hydrogen) atoms. The fraction of sp³-hybridized carbons (Fsp3) is 0.111. The van der Waals surface area contributed by atoms with Gasteiger partial charge in [0.25, 0.3) is 0 Å². The van der Waals surface area contributed by atoms with Crippen LogP contribution in [0.4, 0.5) is 5.69 Å². The second-order valence-corrected chi connectivity index (χ2v) is 5.91. The van der Waals surface area contributed by atoms with Crippen molar-refractivity contribution in [3.63, 3.8) is 0 Å². The van der Waals surface area contributed by atoms with E-state index in [2.05, 4.69) is 26.6 Å². The third-order valence-corrected chi connectivity index (χ3v) is 4.35. The molecule has 0 aliphatic heterocycles. The molecule has 116 valence electrons. The van der Waals surface area contributed by atoms with Crippen molar-refractivity contribution >= 4 is 33.2 Å². The second kappa shape index (κ2) is 6.79. The molecule has 1 aliphatic rings. The average Bonchev–Trinajstić information content (AvgIpc) is 2.60. The van der Waals surface area contributed by atoms with Gasteiger partial charge in [-0.05, 0) is 28.1 Å². The number of benzene rings is 2. The smallest absolute Gasteiger partial charge is 0.210 e. The zero-order chi connectivity index (χ0) is 16.2. The van der Waals surface area contributed by atoms with Gasteiger partial charge in [0.15, 0.2) is 0 Å². The summed E-state index contributed by atoms with van der Waals surface area (Å²) in [4.78, 5) is 24.8. The van der Waals surface area contributed by atoms with Crippen LogP contribution in [0, 0.1) is 0 Å². The predicted molar refractivity (Wildman–Crippen MR) is 94.0 cm³/mol. The van der Waals surface area contributed by atoms with Crippen molar-refractivity contribution in [1.82, 2.24) is 5.32 Å². The Kier molecular flexibility index (Phi) is 4.57. The number of carbonyl (C=O) groups is 2. The second-order valence-electron chi connectivity index (χ2n) is 5.11. The molecular weight excluding hydrogens is 356 g/mol. The SMILES string of the molecule is O=C1C(Br)=C(NCCNc2ccccc2)C(=O)c2ccccc21. The number of anilines is 1. The van der Waals surface area contributed by atoms with Gasteiger partial charge in [0.05, 0.1) is 4.48 Å². The van der Waals surface area contributed by atoms with Gasteiger partial charge in [0.1, 0.15) is 5.70 Å². The lowest BCUT2D eigenvalue weighted by Crippen LogP contribution is -2.31. The van der Waals surface area contributed by atoms with Gasteiger partial charge in [-0.1, -0.05) is 42.5 Å². The normalized spacial score (nSPS) is 13.8. The standard InChI is InChI=1S/C18H15BrN2O2/c19-15-16(21-11-10-20-12-6-2-1-3-7-12)18(23)14-9-5-4-8-13(14)17(15)22/h1-9,20-21H,10-11H2. The summed E-state index contributed by atoms with van der Waals surface area (Å²) in [6, 6.07) is 16.7. The lowest BCUT2D eigenvalue weighted by molar-refractivity contribution is 0.0976. The van der Waals surface area contributed by atoms with E-state index < -0.39 is 0 Å². The Hall–Kier alpha value is -2.40. The van der Waals surface area contributed by atoms with E-state index in [-0.39, 0.29) is 11.6 Å². The minimum absolute atomic E-state index is 0.160. The molecule has 0 fully saturated rings. The summed E-state index contributed by atoms with van der Waals surface area (Å²) >= 11 is 3.25. The topological polar surface area (TPSA) is 58.2 Å². The number of Topliss-reactive ketones (excluding diaryl/α,β-unsaturated/α-hetero) is 2. The molecule has 0 saturated carbocycles. The molecule has 0 amide bonds. The average molecular weight is 371 g/mol. The van der Waals surface area contributed by atoms with Crippen molar-refractivity contribution in [1.29, 1.82) is 0 Å². The summed E-state index contributed by atoms with van der Waals surface area (Å²) < 4.78 is 0.293. The van der Waals surface area contributed by atoms with Gasteiger partial charge in [-0.2, -0.15) is 0 Å². The third-order valence-electron chi connectivity index (χ3n) is 3.59. The molecule has 5 heteroatoms. The van der Waals surface area contributed by atoms with Crippen LogP contribution in [0.25, 0.3) is 0 Å². The van der Waals surface area contributed by atoms with Crippen molar-refractivity contribution in [3.8, 4) is 0 Å². The molecule has 2 aromatic carbocycles. The van der Waals surface area contributed by atoms with E-state index in [1.165, 1.54) is 0 Å². The Morgan fingerprint density at radius 1 is 0.739 bits per heavy atom. The number of fused-ring (bicyclic) bond motifs is 1. The molecule has 2 N–H and O–H groups in total. The van der Waals surface area contributed by atoms with Crippen LogP contribution in [0.2, 0.25) is 0 Å². The molecule has 0 saturated heterocycles. The molecule has 0 atom stereocenters. The fourth-order valence-corrected chi connectivity index (χ4v) is 2.99. The number of hydrogen-bond donors (Lipinski definition) is 2. The lowest BCUT2D eigenvalue weighted by Gasteiger charge is -2.19. The summed E-state index contributed by atoms with van der Waals surface area (Å²) in [7, 11) is 0. The van der Waals surface area contributed by atoms with E-state index >= 15 is 0 Å². The summed E-state index contributed by atoms with van der Waals surface area (Å²) in [5, 5.41) is 6.31. The monoisotopic (exact) mass is 370 g/mol. The van der Waals surface area contributed by atoms with Crippen LogP contribution < -0.4 is 10.6 Å². The largest absolute Gasteiger partial charge is 0.383 e. The summed E-state index contributed by atoms with van der Waals surface area (Å²) in [6.07, 6.45) is 0. The molecule has 0 radical (unpaired) electrons. The van der Waals surface area contributed by atoms with E-state index in [4.69, 9.17) is 0 Å². The van der Waals surface area contributed by atoms with E-state index in [1.54, 1.807) is 24.3 Å². The lowest BCUT2D eigenvalue weighted by atomic mass is 9.92. The van der Waals surface area contributed by atoms with Crippen LogP contribution in [0.5, 0.6) is 0 Å². The van der Waals surface area contributed by atoms with E-state index in [0.29, 0.717) is 34.4 Å². The van der Waals surface area contributed by atoms with E-state index in [1.807, 2.05) is 30.3 Å². The first-order valence-corrected chi connectivity index (χ1v) is 8.09. The van der Waals surface area contributed by atoms with Crippen LogP contribution in [0.15, 0.2) is 64.8 Å². The highest BCUT2D eigenvalue weighted by atomic mass is 79.9. The number of carbonyl (C=O) groups excluding carboxylic acids is 2. The molecule has 0 bridgehead atoms. The van der Waals surface area contributed by atoms with Gasteiger partial charge < -0.3 is 10.6 Å². The maximum atomic E-state index is 12.5. The summed E-state index contributed by atoms with van der Waals surface area (Å²) in [6.45, 7) is 1.16. The van der Waals surface area contributed by atoms with Crippen molar-refractivity contribution < 1.29 is 9.59 Å². The van der Waals surface area contributed by atoms with Gasteiger partial charge in [-0.15, -0.1) is 0 Å². The summed E-state index contributed by atoms with van der Waals surface area (Å²) in [5.41, 5.74) is 2.22. The highest BCUT2D eigenvalue weighted by molar-refractivity contribution is 9.12. The summed E-state index contributed by atoms with van der Waals surface area (Å²) in [5.74, 6) is -0.328. The Morgan fingerprint density at radius 3 is 2.00 bits per heavy atom. The molecule has 4 nitrogen and oxygen atoms in total. The number of hydrogen-bond acceptors (Lipinski definition) is 4. The zero-order valence-electron chi connectivity index (χ0n) is 12.3. The Bertz CT molecular complexity index is 785. The Morgan fingerprint density at radius 2 is 1.30 bits per heavy atom. The first kappa shape index (κ1) is 15.5. The molecule has 0 spiro atoms. The predicted octanol–water partition coefficient (Wildman–Crippen LogP) is 3.37. The Labute approximate surface area is 142 Å². The third kappa shape index (κ3) is 3.19. The first-order chi connectivity index (χ1) is 11.2. The van der Waals surface area contributed by atoms with Crippen molar-refractivity contribution in [2.24, 2.45) is 0 Å². The molecule has 3 rings (SSSR count). The highest BCUT2D eigenvalue weighted by Crippen LogP contribution is 2.28. The zero-order valence-corrected chi connectivity index (χ0v) is 13.9. The molecule has 0 heterocycles. The number of halogens is 1. The quantitative estimate of drug-likeness (QED) is 0.792. The van der Waals surface area contributed by atoms with Crippen LogP contribution >= 0.6 is 15.9 Å². The number of allylic oxidation sites excluding steroid dienone is 2.